The molecule has 0 aromatic heterocycles. The molecule has 0 amide bonds. The van der Waals surface area contributed by atoms with Crippen LogP contribution in [0.5, 0.6) is 0 Å². The summed E-state index contributed by atoms with van der Waals surface area (Å²) in [5.74, 6) is -0.0303. The lowest BCUT2D eigenvalue weighted by Gasteiger charge is -2.36. The second-order valence-corrected chi connectivity index (χ2v) is 8.95. The largest absolute Gasteiger partial charge is 0.368 e. The normalized spacial score (nSPS) is 22.0. The fourth-order valence-corrected chi connectivity index (χ4v) is 4.71. The predicted molar refractivity (Wildman–Crippen MR) is 100 cm³/mol. The molecule has 2 atom stereocenters. The van der Waals surface area contributed by atoms with Crippen LogP contribution in [0.2, 0.25) is 5.02 Å². The van der Waals surface area contributed by atoms with Gasteiger partial charge in [0.05, 0.1) is 18.0 Å². The van der Waals surface area contributed by atoms with Gasteiger partial charge >= 0.3 is 0 Å². The number of nitrogens with zero attached hydrogens (tertiary/aromatic N) is 1. The third-order valence-corrected chi connectivity index (χ3v) is 6.37. The van der Waals surface area contributed by atoms with Crippen molar-refractivity contribution < 1.29 is 13.2 Å². The zero-order valence-corrected chi connectivity index (χ0v) is 15.9. The molecule has 6 heteroatoms. The van der Waals surface area contributed by atoms with Gasteiger partial charge in [0, 0.05) is 18.1 Å². The van der Waals surface area contributed by atoms with Crippen LogP contribution in [-0.4, -0.2) is 31.9 Å². The highest BCUT2D eigenvalue weighted by Crippen LogP contribution is 2.28. The minimum Gasteiger partial charge on any atom is -0.368 e. The fourth-order valence-electron chi connectivity index (χ4n) is 2.99. The first-order valence-electron chi connectivity index (χ1n) is 8.28. The van der Waals surface area contributed by atoms with E-state index >= 15 is 0 Å². The molecule has 0 spiro atoms. The summed E-state index contributed by atoms with van der Waals surface area (Å²) in [4.78, 5) is 0. The van der Waals surface area contributed by atoms with E-state index in [1.54, 1.807) is 28.6 Å². The van der Waals surface area contributed by atoms with Crippen molar-refractivity contribution in [3.05, 3.63) is 70.2 Å². The topological polar surface area (TPSA) is 46.6 Å². The Kier molecular flexibility index (Phi) is 5.49. The smallest absolute Gasteiger partial charge is 0.218 e. The molecule has 134 valence electrons. The lowest BCUT2D eigenvalue weighted by atomic mass is 10.1. The molecule has 1 fully saturated rings. The first kappa shape index (κ1) is 18.4. The quantitative estimate of drug-likeness (QED) is 0.808. The minimum atomic E-state index is -3.42. The zero-order chi connectivity index (χ0) is 18.0. The van der Waals surface area contributed by atoms with Crippen LogP contribution in [0.1, 0.15) is 29.7 Å². The second-order valence-electron chi connectivity index (χ2n) is 6.55. The Hall–Kier alpha value is -1.40. The lowest BCUT2D eigenvalue weighted by Crippen LogP contribution is -2.46. The maximum atomic E-state index is 12.9. The van der Waals surface area contributed by atoms with Crippen LogP contribution < -0.4 is 0 Å². The van der Waals surface area contributed by atoms with Gasteiger partial charge in [0.2, 0.25) is 10.0 Å². The summed E-state index contributed by atoms with van der Waals surface area (Å²) < 4.78 is 33.2. The number of morpholine rings is 1. The van der Waals surface area contributed by atoms with Crippen molar-refractivity contribution >= 4 is 21.6 Å². The molecule has 1 aliphatic heterocycles. The summed E-state index contributed by atoms with van der Waals surface area (Å²) in [6, 6.07) is 15.0. The van der Waals surface area contributed by atoms with Gasteiger partial charge < -0.3 is 4.74 Å². The van der Waals surface area contributed by atoms with Gasteiger partial charge in [0.1, 0.15) is 0 Å². The average molecular weight is 380 g/mol. The van der Waals surface area contributed by atoms with E-state index in [1.807, 2.05) is 38.1 Å². The van der Waals surface area contributed by atoms with Crippen molar-refractivity contribution in [1.82, 2.24) is 4.31 Å². The highest BCUT2D eigenvalue weighted by atomic mass is 35.5. The van der Waals surface area contributed by atoms with Crippen LogP contribution in [0.15, 0.2) is 48.5 Å². The number of sulfonamides is 1. The number of benzene rings is 2. The van der Waals surface area contributed by atoms with E-state index in [0.717, 1.165) is 11.1 Å². The highest BCUT2D eigenvalue weighted by molar-refractivity contribution is 7.88. The maximum absolute atomic E-state index is 12.9. The molecule has 0 radical (unpaired) electrons. The molecule has 0 aliphatic carbocycles. The minimum absolute atomic E-state index is 0.0303. The van der Waals surface area contributed by atoms with Crippen molar-refractivity contribution in [2.75, 3.05) is 13.1 Å². The number of hydrogen-bond donors (Lipinski definition) is 0. The van der Waals surface area contributed by atoms with Gasteiger partial charge in [0.25, 0.3) is 0 Å². The molecule has 0 bridgehead atoms. The summed E-state index contributed by atoms with van der Waals surface area (Å²) in [5.41, 5.74) is 2.90. The summed E-state index contributed by atoms with van der Waals surface area (Å²) in [5, 5.41) is 0.598. The van der Waals surface area contributed by atoms with Gasteiger partial charge in [-0.3, -0.25) is 0 Å². The molecule has 0 saturated carbocycles. The summed E-state index contributed by atoms with van der Waals surface area (Å²) in [6.07, 6.45) is -0.399. The first-order chi connectivity index (χ1) is 11.8. The molecule has 1 saturated heterocycles. The van der Waals surface area contributed by atoms with E-state index in [9.17, 15) is 8.42 Å². The van der Waals surface area contributed by atoms with Crippen LogP contribution in [0, 0.1) is 6.92 Å². The van der Waals surface area contributed by atoms with E-state index in [1.165, 1.54) is 5.56 Å². The van der Waals surface area contributed by atoms with E-state index in [4.69, 9.17) is 16.3 Å². The number of aryl methyl sites for hydroxylation is 1. The van der Waals surface area contributed by atoms with E-state index < -0.39 is 10.0 Å². The second kappa shape index (κ2) is 7.46. The molecule has 1 aliphatic rings. The molecule has 2 unspecified atom stereocenters. The Labute approximate surface area is 154 Å². The van der Waals surface area contributed by atoms with Gasteiger partial charge in [-0.05, 0) is 37.1 Å². The Balaban J connectivity index is 1.78. The van der Waals surface area contributed by atoms with Crippen molar-refractivity contribution in [1.29, 1.82) is 0 Å². The van der Waals surface area contributed by atoms with E-state index in [-0.39, 0.29) is 18.0 Å². The van der Waals surface area contributed by atoms with Crippen LogP contribution >= 0.6 is 11.6 Å². The lowest BCUT2D eigenvalue weighted by molar-refractivity contribution is -0.0557. The van der Waals surface area contributed by atoms with Gasteiger partial charge in [-0.15, -0.1) is 0 Å². The number of hydrogen-bond acceptors (Lipinski definition) is 3. The van der Waals surface area contributed by atoms with E-state index in [0.29, 0.717) is 18.1 Å². The van der Waals surface area contributed by atoms with Crippen LogP contribution in [0.4, 0.5) is 0 Å². The van der Waals surface area contributed by atoms with Gasteiger partial charge in [-0.2, -0.15) is 4.31 Å². The van der Waals surface area contributed by atoms with Crippen LogP contribution in [0.25, 0.3) is 0 Å². The monoisotopic (exact) mass is 379 g/mol. The third kappa shape index (κ3) is 4.61. The molecule has 2 aromatic rings. The highest BCUT2D eigenvalue weighted by Gasteiger charge is 2.33. The summed E-state index contributed by atoms with van der Waals surface area (Å²) >= 11 is 5.87. The Morgan fingerprint density at radius 2 is 1.72 bits per heavy atom. The molecule has 25 heavy (non-hydrogen) atoms. The van der Waals surface area contributed by atoms with Crippen molar-refractivity contribution in [2.24, 2.45) is 0 Å². The average Bonchev–Trinajstić information content (AvgIpc) is 2.57. The van der Waals surface area contributed by atoms with E-state index in [2.05, 4.69) is 0 Å². The van der Waals surface area contributed by atoms with Crippen LogP contribution in [0.3, 0.4) is 0 Å². The van der Waals surface area contributed by atoms with Gasteiger partial charge in [0.15, 0.2) is 0 Å². The molecule has 3 rings (SSSR count). The molecular formula is C19H22ClNO3S. The summed E-state index contributed by atoms with van der Waals surface area (Å²) in [6.45, 7) is 4.64. The zero-order valence-electron chi connectivity index (χ0n) is 14.4. The molecule has 0 N–H and O–H groups in total. The SMILES string of the molecule is Cc1ccc(C2CN(S(=O)(=O)Cc3ccc(Cl)cc3)CC(C)O2)cc1. The number of rotatable bonds is 4. The van der Waals surface area contributed by atoms with Gasteiger partial charge in [-0.1, -0.05) is 53.6 Å². The molecule has 4 nitrogen and oxygen atoms in total. The first-order valence-corrected chi connectivity index (χ1v) is 10.3. The van der Waals surface area contributed by atoms with Gasteiger partial charge in [-0.25, -0.2) is 8.42 Å². The number of ether oxygens (including phenoxy) is 1. The molecule has 1 heterocycles. The Morgan fingerprint density at radius 1 is 1.08 bits per heavy atom. The summed E-state index contributed by atoms with van der Waals surface area (Å²) in [7, 11) is -3.42. The van der Waals surface area contributed by atoms with Crippen molar-refractivity contribution in [2.45, 2.75) is 31.8 Å². The van der Waals surface area contributed by atoms with Crippen molar-refractivity contribution in [3.8, 4) is 0 Å². The molecular weight excluding hydrogens is 358 g/mol. The number of halogens is 1. The third-order valence-electron chi connectivity index (χ3n) is 4.33. The standard InChI is InChI=1S/C19H22ClNO3S/c1-14-3-7-17(8-4-14)19-12-21(11-15(2)24-19)25(22,23)13-16-5-9-18(20)10-6-16/h3-10,15,19H,11-13H2,1-2H3. The Morgan fingerprint density at radius 3 is 2.36 bits per heavy atom. The Bertz CT molecular complexity index is 819. The predicted octanol–water partition coefficient (Wildman–Crippen LogP) is 3.94. The fraction of sp³-hybridized carbons (Fsp3) is 0.368. The maximum Gasteiger partial charge on any atom is 0.218 e. The molecule has 2 aromatic carbocycles. The van der Waals surface area contributed by atoms with Crippen molar-refractivity contribution in [3.63, 3.8) is 0 Å². The van der Waals surface area contributed by atoms with Crippen LogP contribution in [-0.2, 0) is 20.5 Å².